The lowest BCUT2D eigenvalue weighted by molar-refractivity contribution is 0.697. The summed E-state index contributed by atoms with van der Waals surface area (Å²) in [7, 11) is 0. The third kappa shape index (κ3) is 1.50. The maximum Gasteiger partial charge on any atom is 0.110 e. The van der Waals surface area contributed by atoms with Crippen LogP contribution in [0, 0.1) is 0 Å². The molecule has 0 aromatic carbocycles. The first-order valence-corrected chi connectivity index (χ1v) is 5.91. The van der Waals surface area contributed by atoms with Gasteiger partial charge in [0, 0.05) is 12.5 Å². The van der Waals surface area contributed by atoms with Crippen molar-refractivity contribution < 1.29 is 0 Å². The number of nitrogens with one attached hydrogen (secondary N) is 1. The lowest BCUT2D eigenvalue weighted by Gasteiger charge is -2.10. The van der Waals surface area contributed by atoms with Crippen LogP contribution in [0.3, 0.4) is 0 Å². The molecule has 2 aromatic heterocycles. The van der Waals surface area contributed by atoms with Crippen molar-refractivity contribution in [2.75, 3.05) is 0 Å². The van der Waals surface area contributed by atoms with Gasteiger partial charge in [0.1, 0.15) is 5.52 Å². The van der Waals surface area contributed by atoms with Gasteiger partial charge in [0.05, 0.1) is 23.2 Å². The maximum atomic E-state index is 5.68. The van der Waals surface area contributed by atoms with Crippen molar-refractivity contribution >= 4 is 11.0 Å². The summed E-state index contributed by atoms with van der Waals surface area (Å²) in [5.41, 5.74) is 9.89. The van der Waals surface area contributed by atoms with E-state index >= 15 is 0 Å². The van der Waals surface area contributed by atoms with E-state index in [1.807, 2.05) is 6.07 Å². The van der Waals surface area contributed by atoms with Crippen LogP contribution in [0.1, 0.15) is 43.0 Å². The molecule has 3 rings (SSSR count). The van der Waals surface area contributed by atoms with Crippen LogP contribution in [0.25, 0.3) is 11.0 Å². The normalized spacial score (nSPS) is 17.3. The Bertz CT molecular complexity index is 497. The van der Waals surface area contributed by atoms with Gasteiger partial charge in [0.15, 0.2) is 0 Å². The summed E-state index contributed by atoms with van der Waals surface area (Å²) in [6.45, 7) is 0.495. The molecule has 0 saturated heterocycles. The number of nitrogens with zero attached hydrogens (tertiary/aromatic N) is 2. The molecule has 16 heavy (non-hydrogen) atoms. The number of hydrogen-bond donors (Lipinski definition) is 2. The maximum absolute atomic E-state index is 5.68. The van der Waals surface area contributed by atoms with E-state index in [0.29, 0.717) is 12.5 Å². The van der Waals surface area contributed by atoms with Crippen LogP contribution < -0.4 is 5.73 Å². The van der Waals surface area contributed by atoms with Gasteiger partial charge in [-0.25, -0.2) is 4.98 Å². The first-order chi connectivity index (χ1) is 7.88. The van der Waals surface area contributed by atoms with Gasteiger partial charge in [0.25, 0.3) is 0 Å². The number of hydrogen-bond acceptors (Lipinski definition) is 3. The Morgan fingerprint density at radius 1 is 1.38 bits per heavy atom. The monoisotopic (exact) mass is 216 g/mol. The van der Waals surface area contributed by atoms with E-state index < -0.39 is 0 Å². The number of imidazole rings is 1. The van der Waals surface area contributed by atoms with E-state index in [9.17, 15) is 0 Å². The Hall–Kier alpha value is -1.42. The lowest BCUT2D eigenvalue weighted by Crippen LogP contribution is -2.05. The second-order valence-corrected chi connectivity index (χ2v) is 4.48. The van der Waals surface area contributed by atoms with Crippen LogP contribution in [-0.4, -0.2) is 15.0 Å². The lowest BCUT2D eigenvalue weighted by atomic mass is 10.0. The molecular weight excluding hydrogens is 200 g/mol. The van der Waals surface area contributed by atoms with Crippen molar-refractivity contribution in [2.24, 2.45) is 5.73 Å². The van der Waals surface area contributed by atoms with Gasteiger partial charge in [-0.1, -0.05) is 12.8 Å². The van der Waals surface area contributed by atoms with Crippen LogP contribution in [0.5, 0.6) is 0 Å². The zero-order chi connectivity index (χ0) is 11.0. The molecule has 1 aliphatic carbocycles. The number of rotatable bonds is 2. The molecule has 2 heterocycles. The molecule has 84 valence electrons. The van der Waals surface area contributed by atoms with Crippen molar-refractivity contribution in [2.45, 2.75) is 38.1 Å². The highest BCUT2D eigenvalue weighted by atomic mass is 14.9. The van der Waals surface area contributed by atoms with Crippen LogP contribution in [0.2, 0.25) is 0 Å². The minimum Gasteiger partial charge on any atom is -0.344 e. The summed E-state index contributed by atoms with van der Waals surface area (Å²) >= 11 is 0. The minimum atomic E-state index is 0.495. The summed E-state index contributed by atoms with van der Waals surface area (Å²) in [4.78, 5) is 12.2. The number of H-pyrrole nitrogens is 1. The second-order valence-electron chi connectivity index (χ2n) is 4.48. The fraction of sp³-hybridized carbons (Fsp3) is 0.500. The number of nitrogens with two attached hydrogens (primary N) is 1. The molecule has 4 nitrogen and oxygen atoms in total. The Labute approximate surface area is 94.3 Å². The van der Waals surface area contributed by atoms with Crippen molar-refractivity contribution in [3.8, 4) is 0 Å². The van der Waals surface area contributed by atoms with Crippen molar-refractivity contribution in [3.05, 3.63) is 23.8 Å². The molecule has 0 radical (unpaired) electrons. The largest absolute Gasteiger partial charge is 0.344 e. The highest BCUT2D eigenvalue weighted by Gasteiger charge is 2.22. The molecule has 3 N–H and O–H groups in total. The molecule has 1 aliphatic rings. The number of aromatic nitrogens is 3. The van der Waals surface area contributed by atoms with Gasteiger partial charge in [-0.15, -0.1) is 0 Å². The quantitative estimate of drug-likeness (QED) is 0.807. The molecular formula is C12H16N4. The van der Waals surface area contributed by atoms with Gasteiger partial charge in [-0.05, 0) is 18.9 Å². The van der Waals surface area contributed by atoms with Crippen molar-refractivity contribution in [3.63, 3.8) is 0 Å². The molecule has 0 atom stereocenters. The zero-order valence-corrected chi connectivity index (χ0v) is 9.24. The van der Waals surface area contributed by atoms with Gasteiger partial charge < -0.3 is 10.7 Å². The second kappa shape index (κ2) is 3.87. The molecule has 0 amide bonds. The van der Waals surface area contributed by atoms with Crippen LogP contribution in [0.15, 0.2) is 12.4 Å². The summed E-state index contributed by atoms with van der Waals surface area (Å²) in [6, 6.07) is 2.00. The van der Waals surface area contributed by atoms with Crippen LogP contribution >= 0.6 is 0 Å². The highest BCUT2D eigenvalue weighted by Crippen LogP contribution is 2.35. The van der Waals surface area contributed by atoms with Gasteiger partial charge >= 0.3 is 0 Å². The summed E-state index contributed by atoms with van der Waals surface area (Å²) in [5.74, 6) is 0.581. The SMILES string of the molecule is NCc1cc2[nH]cnc2c(C2CCCC2)n1. The van der Waals surface area contributed by atoms with E-state index in [-0.39, 0.29) is 0 Å². The summed E-state index contributed by atoms with van der Waals surface area (Å²) in [5, 5.41) is 0. The van der Waals surface area contributed by atoms with E-state index in [1.54, 1.807) is 6.33 Å². The fourth-order valence-electron chi connectivity index (χ4n) is 2.61. The first-order valence-electron chi connectivity index (χ1n) is 5.91. The predicted molar refractivity (Wildman–Crippen MR) is 63.0 cm³/mol. The minimum absolute atomic E-state index is 0.495. The topological polar surface area (TPSA) is 67.6 Å². The number of aromatic amines is 1. The highest BCUT2D eigenvalue weighted by molar-refractivity contribution is 5.77. The number of pyridine rings is 1. The average molecular weight is 216 g/mol. The molecule has 0 aliphatic heterocycles. The van der Waals surface area contributed by atoms with Crippen molar-refractivity contribution in [1.82, 2.24) is 15.0 Å². The Kier molecular flexibility index (Phi) is 2.36. The average Bonchev–Trinajstić information content (AvgIpc) is 2.98. The Morgan fingerprint density at radius 2 is 2.19 bits per heavy atom. The molecule has 0 bridgehead atoms. The van der Waals surface area contributed by atoms with E-state index in [4.69, 9.17) is 5.73 Å². The van der Waals surface area contributed by atoms with E-state index in [1.165, 1.54) is 25.7 Å². The van der Waals surface area contributed by atoms with Gasteiger partial charge in [-0.3, -0.25) is 4.98 Å². The van der Waals surface area contributed by atoms with E-state index in [0.717, 1.165) is 22.4 Å². The molecule has 1 fully saturated rings. The third-order valence-corrected chi connectivity index (χ3v) is 3.44. The summed E-state index contributed by atoms with van der Waals surface area (Å²) < 4.78 is 0. The fourth-order valence-corrected chi connectivity index (χ4v) is 2.61. The third-order valence-electron chi connectivity index (χ3n) is 3.44. The Morgan fingerprint density at radius 3 is 2.94 bits per heavy atom. The smallest absolute Gasteiger partial charge is 0.110 e. The van der Waals surface area contributed by atoms with E-state index in [2.05, 4.69) is 15.0 Å². The summed E-state index contributed by atoms with van der Waals surface area (Å²) in [6.07, 6.45) is 6.84. The molecule has 2 aromatic rings. The van der Waals surface area contributed by atoms with Gasteiger partial charge in [0.2, 0.25) is 0 Å². The molecule has 4 heteroatoms. The molecule has 0 spiro atoms. The van der Waals surface area contributed by atoms with Crippen LogP contribution in [0.4, 0.5) is 0 Å². The standard InChI is InChI=1S/C12H16N4/c13-6-9-5-10-12(15-7-14-10)11(16-9)8-3-1-2-4-8/h5,7-8H,1-4,6,13H2,(H,14,15). The van der Waals surface area contributed by atoms with Crippen LogP contribution in [-0.2, 0) is 6.54 Å². The van der Waals surface area contributed by atoms with Crippen molar-refractivity contribution in [1.29, 1.82) is 0 Å². The Balaban J connectivity index is 2.15. The molecule has 1 saturated carbocycles. The first kappa shape index (κ1) is 9.78. The molecule has 0 unspecified atom stereocenters. The van der Waals surface area contributed by atoms with Gasteiger partial charge in [-0.2, -0.15) is 0 Å². The zero-order valence-electron chi connectivity index (χ0n) is 9.24. The predicted octanol–water partition coefficient (Wildman–Crippen LogP) is 2.07. The number of fused-ring (bicyclic) bond motifs is 1.